The first-order valence-electron chi connectivity index (χ1n) is 5.85. The number of aliphatic hydroxyl groups is 1. The van der Waals surface area contributed by atoms with Gasteiger partial charge in [0.25, 0.3) is 0 Å². The van der Waals surface area contributed by atoms with Crippen LogP contribution in [0, 0.1) is 6.92 Å². The van der Waals surface area contributed by atoms with Gasteiger partial charge in [-0.15, -0.1) is 11.3 Å². The zero-order chi connectivity index (χ0) is 13.0. The third-order valence-electron chi connectivity index (χ3n) is 2.67. The normalized spacial score (nSPS) is 12.6. The molecule has 0 spiro atoms. The Balaban J connectivity index is 1.82. The first-order chi connectivity index (χ1) is 8.65. The van der Waals surface area contributed by atoms with Crippen LogP contribution in [0.1, 0.15) is 22.1 Å². The Morgan fingerprint density at radius 3 is 2.83 bits per heavy atom. The summed E-state index contributed by atoms with van der Waals surface area (Å²) < 4.78 is 0.711. The summed E-state index contributed by atoms with van der Waals surface area (Å²) >= 11 is 7.26. The molecule has 0 fully saturated rings. The van der Waals surface area contributed by atoms with E-state index in [2.05, 4.69) is 30.4 Å². The second-order valence-corrected chi connectivity index (χ2v) is 6.02. The summed E-state index contributed by atoms with van der Waals surface area (Å²) in [5.41, 5.74) is 2.48. The molecule has 0 saturated heterocycles. The van der Waals surface area contributed by atoms with Crippen LogP contribution in [-0.4, -0.2) is 11.7 Å². The first kappa shape index (κ1) is 13.6. The molecule has 0 aliphatic carbocycles. The lowest BCUT2D eigenvalue weighted by atomic mass is 10.1. The molecule has 0 amide bonds. The minimum absolute atomic E-state index is 0.493. The topological polar surface area (TPSA) is 32.3 Å². The molecule has 1 atom stereocenters. The van der Waals surface area contributed by atoms with E-state index in [1.54, 1.807) is 0 Å². The summed E-state index contributed by atoms with van der Waals surface area (Å²) in [5, 5.41) is 13.2. The molecule has 96 valence electrons. The maximum atomic E-state index is 9.96. The van der Waals surface area contributed by atoms with Gasteiger partial charge in [0.15, 0.2) is 0 Å². The van der Waals surface area contributed by atoms with Crippen molar-refractivity contribution in [1.29, 1.82) is 0 Å². The van der Waals surface area contributed by atoms with Gasteiger partial charge in [0.1, 0.15) is 6.10 Å². The number of aryl methyl sites for hydroxylation is 1. The fraction of sp³-hybridized carbons (Fsp3) is 0.286. The van der Waals surface area contributed by atoms with Gasteiger partial charge >= 0.3 is 0 Å². The van der Waals surface area contributed by atoms with Crippen LogP contribution in [0.25, 0.3) is 0 Å². The molecule has 2 N–H and O–H groups in total. The zero-order valence-corrected chi connectivity index (χ0v) is 11.8. The molecule has 1 aromatic carbocycles. The van der Waals surface area contributed by atoms with E-state index in [4.69, 9.17) is 11.6 Å². The maximum Gasteiger partial charge on any atom is 0.101 e. The smallest absolute Gasteiger partial charge is 0.101 e. The molecular weight excluding hydrogens is 266 g/mol. The second-order valence-electron chi connectivity index (χ2n) is 4.28. The Hall–Kier alpha value is -0.870. The van der Waals surface area contributed by atoms with Gasteiger partial charge in [-0.1, -0.05) is 41.4 Å². The Labute approximate surface area is 116 Å². The largest absolute Gasteiger partial charge is 0.386 e. The third-order valence-corrected chi connectivity index (χ3v) is 4.00. The highest BCUT2D eigenvalue weighted by molar-refractivity contribution is 7.16. The standard InChI is InChI=1S/C14H16ClNOS/c1-10-3-2-4-11(7-10)8-16-9-12(17)13-5-6-14(15)18-13/h2-7,12,16-17H,8-9H2,1H3. The van der Waals surface area contributed by atoms with Gasteiger partial charge in [-0.3, -0.25) is 0 Å². The molecule has 0 aliphatic rings. The van der Waals surface area contributed by atoms with Crippen molar-refractivity contribution in [3.8, 4) is 0 Å². The number of hydrogen-bond acceptors (Lipinski definition) is 3. The molecule has 18 heavy (non-hydrogen) atoms. The number of hydrogen-bond donors (Lipinski definition) is 2. The van der Waals surface area contributed by atoms with Gasteiger partial charge in [0.05, 0.1) is 4.34 Å². The minimum Gasteiger partial charge on any atom is -0.386 e. The molecule has 4 heteroatoms. The van der Waals surface area contributed by atoms with E-state index in [0.29, 0.717) is 10.9 Å². The predicted molar refractivity (Wildman–Crippen MR) is 77.2 cm³/mol. The molecular formula is C14H16ClNOS. The first-order valence-corrected chi connectivity index (χ1v) is 7.04. The fourth-order valence-corrected chi connectivity index (χ4v) is 2.83. The molecule has 0 radical (unpaired) electrons. The highest BCUT2D eigenvalue weighted by Crippen LogP contribution is 2.26. The lowest BCUT2D eigenvalue weighted by molar-refractivity contribution is 0.178. The summed E-state index contributed by atoms with van der Waals surface area (Å²) in [5.74, 6) is 0. The van der Waals surface area contributed by atoms with Crippen LogP contribution in [0.2, 0.25) is 4.34 Å². The van der Waals surface area contributed by atoms with Crippen molar-refractivity contribution >= 4 is 22.9 Å². The van der Waals surface area contributed by atoms with Crippen LogP contribution in [0.4, 0.5) is 0 Å². The van der Waals surface area contributed by atoms with E-state index >= 15 is 0 Å². The average molecular weight is 282 g/mol. The molecule has 1 heterocycles. The van der Waals surface area contributed by atoms with Crippen LogP contribution >= 0.6 is 22.9 Å². The fourth-order valence-electron chi connectivity index (χ4n) is 1.78. The van der Waals surface area contributed by atoms with Gasteiger partial charge in [-0.2, -0.15) is 0 Å². The Morgan fingerprint density at radius 1 is 1.33 bits per heavy atom. The SMILES string of the molecule is Cc1cccc(CNCC(O)c2ccc(Cl)s2)c1. The number of halogens is 1. The lowest BCUT2D eigenvalue weighted by Gasteiger charge is -2.10. The van der Waals surface area contributed by atoms with E-state index in [9.17, 15) is 5.11 Å². The zero-order valence-electron chi connectivity index (χ0n) is 10.2. The quantitative estimate of drug-likeness (QED) is 0.879. The number of aliphatic hydroxyl groups excluding tert-OH is 1. The summed E-state index contributed by atoms with van der Waals surface area (Å²) in [7, 11) is 0. The molecule has 1 aromatic heterocycles. The molecule has 0 bridgehead atoms. The van der Waals surface area contributed by atoms with E-state index in [0.717, 1.165) is 11.4 Å². The van der Waals surface area contributed by atoms with Crippen molar-refractivity contribution in [2.75, 3.05) is 6.54 Å². The Morgan fingerprint density at radius 2 is 2.17 bits per heavy atom. The highest BCUT2D eigenvalue weighted by Gasteiger charge is 2.09. The monoisotopic (exact) mass is 281 g/mol. The van der Waals surface area contributed by atoms with E-state index in [-0.39, 0.29) is 0 Å². The molecule has 1 unspecified atom stereocenters. The Bertz CT molecular complexity index is 512. The summed E-state index contributed by atoms with van der Waals surface area (Å²) in [4.78, 5) is 0.900. The van der Waals surface area contributed by atoms with Crippen LogP contribution < -0.4 is 5.32 Å². The molecule has 0 aliphatic heterocycles. The lowest BCUT2D eigenvalue weighted by Crippen LogP contribution is -2.20. The van der Waals surface area contributed by atoms with Gasteiger partial charge in [-0.05, 0) is 24.6 Å². The Kier molecular flexibility index (Phi) is 4.78. The van der Waals surface area contributed by atoms with Crippen LogP contribution in [0.5, 0.6) is 0 Å². The van der Waals surface area contributed by atoms with E-state index in [1.165, 1.54) is 22.5 Å². The average Bonchev–Trinajstić information content (AvgIpc) is 2.76. The van der Waals surface area contributed by atoms with Crippen molar-refractivity contribution in [2.24, 2.45) is 0 Å². The van der Waals surface area contributed by atoms with Gasteiger partial charge in [-0.25, -0.2) is 0 Å². The minimum atomic E-state index is -0.493. The summed E-state index contributed by atoms with van der Waals surface area (Å²) in [6, 6.07) is 12.0. The second kappa shape index (κ2) is 6.34. The van der Waals surface area contributed by atoms with Crippen molar-refractivity contribution in [2.45, 2.75) is 19.6 Å². The highest BCUT2D eigenvalue weighted by atomic mass is 35.5. The number of rotatable bonds is 5. The van der Waals surface area contributed by atoms with Gasteiger partial charge in [0, 0.05) is 18.0 Å². The predicted octanol–water partition coefficient (Wildman–Crippen LogP) is 3.53. The van der Waals surface area contributed by atoms with Crippen LogP contribution in [0.15, 0.2) is 36.4 Å². The van der Waals surface area contributed by atoms with E-state index in [1.807, 2.05) is 18.2 Å². The maximum absolute atomic E-state index is 9.96. The summed E-state index contributed by atoms with van der Waals surface area (Å²) in [6.45, 7) is 3.37. The number of benzene rings is 1. The van der Waals surface area contributed by atoms with Crippen molar-refractivity contribution in [3.63, 3.8) is 0 Å². The molecule has 2 nitrogen and oxygen atoms in total. The summed E-state index contributed by atoms with van der Waals surface area (Å²) in [6.07, 6.45) is -0.493. The molecule has 0 saturated carbocycles. The van der Waals surface area contributed by atoms with Gasteiger partial charge < -0.3 is 10.4 Å². The molecule has 2 rings (SSSR count). The van der Waals surface area contributed by atoms with Crippen LogP contribution in [-0.2, 0) is 6.54 Å². The van der Waals surface area contributed by atoms with Crippen LogP contribution in [0.3, 0.4) is 0 Å². The van der Waals surface area contributed by atoms with E-state index < -0.39 is 6.10 Å². The molecule has 2 aromatic rings. The number of thiophene rings is 1. The van der Waals surface area contributed by atoms with Crippen molar-refractivity contribution in [1.82, 2.24) is 5.32 Å². The van der Waals surface area contributed by atoms with Crippen molar-refractivity contribution in [3.05, 3.63) is 56.7 Å². The third kappa shape index (κ3) is 3.82. The number of nitrogens with one attached hydrogen (secondary N) is 1. The van der Waals surface area contributed by atoms with Gasteiger partial charge in [0.2, 0.25) is 0 Å². The van der Waals surface area contributed by atoms with Crippen molar-refractivity contribution < 1.29 is 5.11 Å².